The number of morpholine rings is 1. The van der Waals surface area contributed by atoms with Crippen LogP contribution in [0.4, 0.5) is 13.2 Å². The largest absolute Gasteiger partial charge is 0.399 e. The maximum absolute atomic E-state index is 16.4. The fraction of sp³-hybridized carbons (Fsp3) is 0.490. The molecule has 4 fully saturated rings. The topological polar surface area (TPSA) is 213 Å². The summed E-state index contributed by atoms with van der Waals surface area (Å²) in [4.78, 5) is 106. The summed E-state index contributed by atoms with van der Waals surface area (Å²) in [6.45, 7) is 8.04. The van der Waals surface area contributed by atoms with Crippen LogP contribution in [0.3, 0.4) is 0 Å². The van der Waals surface area contributed by atoms with Gasteiger partial charge < -0.3 is 29.6 Å². The number of imide groups is 1. The number of hydrogen-bond acceptors (Lipinski definition) is 10. The Morgan fingerprint density at radius 3 is 2.36 bits per heavy atom. The van der Waals surface area contributed by atoms with Gasteiger partial charge in [-0.3, -0.25) is 47.9 Å². The normalized spacial score (nSPS) is 22.3. The van der Waals surface area contributed by atoms with Crippen molar-refractivity contribution in [1.29, 1.82) is 0 Å². The number of amides is 5. The second-order valence-corrected chi connectivity index (χ2v) is 23.6. The Kier molecular flexibility index (Phi) is 14.4. The molecule has 6 heterocycles. The van der Waals surface area contributed by atoms with Crippen molar-refractivity contribution in [2.24, 2.45) is 24.3 Å². The molecule has 2 aromatic heterocycles. The minimum Gasteiger partial charge on any atom is -0.370 e. The highest BCUT2D eigenvalue weighted by Gasteiger charge is 2.51. The van der Waals surface area contributed by atoms with Crippen molar-refractivity contribution < 1.29 is 56.2 Å². The monoisotopic (exact) mass is 1050 g/mol. The van der Waals surface area contributed by atoms with Gasteiger partial charge in [0, 0.05) is 48.9 Å². The predicted molar refractivity (Wildman–Crippen MR) is 265 cm³/mol. The third-order valence-corrected chi connectivity index (χ3v) is 17.1. The third kappa shape index (κ3) is 10.3. The molecule has 4 N–H and O–H groups in total. The van der Waals surface area contributed by atoms with Crippen molar-refractivity contribution >= 4 is 69.6 Å². The predicted octanol–water partition coefficient (Wildman–Crippen LogP) is 6.16. The highest BCUT2D eigenvalue weighted by Crippen LogP contribution is 2.59. The summed E-state index contributed by atoms with van der Waals surface area (Å²) in [6, 6.07) is 14.4. The highest BCUT2D eigenvalue weighted by atomic mass is 32.1. The Labute approximate surface area is 422 Å². The average molecular weight is 1050 g/mol. The number of aryl methyl sites for hydroxylation is 1. The van der Waals surface area contributed by atoms with Crippen LogP contribution in [0.2, 0.25) is 0 Å². The van der Waals surface area contributed by atoms with Crippen LogP contribution in [0, 0.1) is 23.1 Å². The van der Waals surface area contributed by atoms with E-state index in [0.717, 1.165) is 41.9 Å². The van der Waals surface area contributed by atoms with Crippen LogP contribution < -0.4 is 16.3 Å². The number of halogens is 3. The van der Waals surface area contributed by atoms with E-state index in [9.17, 15) is 42.3 Å². The van der Waals surface area contributed by atoms with Crippen LogP contribution in [-0.4, -0.2) is 115 Å². The Balaban J connectivity index is 0.919. The van der Waals surface area contributed by atoms with Gasteiger partial charge in [-0.25, -0.2) is 9.18 Å². The van der Waals surface area contributed by atoms with Gasteiger partial charge in [0.05, 0.1) is 23.5 Å². The highest BCUT2D eigenvalue weighted by molar-refractivity contribution is 7.52. The minimum absolute atomic E-state index is 0.0637. The smallest absolute Gasteiger partial charge is 0.370 e. The maximum atomic E-state index is 16.4. The first-order chi connectivity index (χ1) is 34.5. The molecule has 0 spiro atoms. The van der Waals surface area contributed by atoms with Crippen LogP contribution in [0.25, 0.3) is 21.1 Å². The molecule has 4 saturated heterocycles. The van der Waals surface area contributed by atoms with E-state index in [4.69, 9.17) is 4.74 Å². The number of nitrogens with one attached hydrogen (secondary N) is 2. The summed E-state index contributed by atoms with van der Waals surface area (Å²) in [5.74, 6) is -2.97. The Morgan fingerprint density at radius 1 is 0.945 bits per heavy atom. The van der Waals surface area contributed by atoms with Gasteiger partial charge in [-0.2, -0.15) is 8.78 Å². The summed E-state index contributed by atoms with van der Waals surface area (Å²) < 4.78 is 66.2. The van der Waals surface area contributed by atoms with Gasteiger partial charge in [-0.1, -0.05) is 63.2 Å². The number of imidazole rings is 1. The van der Waals surface area contributed by atoms with E-state index in [0.29, 0.717) is 49.3 Å². The number of fused-ring (bicyclic) bond motifs is 2. The van der Waals surface area contributed by atoms with E-state index < -0.39 is 77.5 Å². The number of alkyl halides is 2. The molecule has 5 aromatic rings. The lowest BCUT2D eigenvalue weighted by Crippen LogP contribution is -2.59. The second-order valence-electron chi connectivity index (χ2n) is 20.8. The number of thiophene rings is 1. The van der Waals surface area contributed by atoms with E-state index in [1.807, 2.05) is 30.3 Å². The molecular formula is C51H59F3N7O10PS. The summed E-state index contributed by atoms with van der Waals surface area (Å²) in [7, 11) is -4.39. The fourth-order valence-electron chi connectivity index (χ4n) is 11.0. The molecule has 4 aliphatic rings. The Bertz CT molecular complexity index is 3090. The number of likely N-dealkylation sites (tertiary alicyclic amines) is 2. The van der Waals surface area contributed by atoms with E-state index in [-0.39, 0.29) is 77.6 Å². The number of benzene rings is 3. The van der Waals surface area contributed by atoms with Crippen LogP contribution in [0.1, 0.15) is 97.8 Å². The first-order valence-corrected chi connectivity index (χ1v) is 26.9. The Morgan fingerprint density at radius 2 is 1.67 bits per heavy atom. The van der Waals surface area contributed by atoms with Crippen molar-refractivity contribution in [3.8, 4) is 0 Å². The van der Waals surface area contributed by atoms with Crippen LogP contribution in [0.5, 0.6) is 0 Å². The molecular weight excluding hydrogens is 991 g/mol. The van der Waals surface area contributed by atoms with Gasteiger partial charge in [-0.05, 0) is 97.7 Å². The molecule has 0 aliphatic carbocycles. The average Bonchev–Trinajstić information content (AvgIpc) is 4.05. The molecule has 5 atom stereocenters. The van der Waals surface area contributed by atoms with Gasteiger partial charge in [0.25, 0.3) is 5.91 Å². The molecule has 3 aromatic carbocycles. The molecule has 1 unspecified atom stereocenters. The van der Waals surface area contributed by atoms with Gasteiger partial charge in [0.2, 0.25) is 23.6 Å². The summed E-state index contributed by atoms with van der Waals surface area (Å²) in [6.07, 6.45) is 2.45. The Hall–Kier alpha value is -5.70. The number of nitrogens with zero attached hydrogens (tertiary/aromatic N) is 5. The molecule has 0 saturated carbocycles. The molecule has 4 aliphatic heterocycles. The molecule has 5 amide bonds. The van der Waals surface area contributed by atoms with Crippen molar-refractivity contribution in [3.63, 3.8) is 0 Å². The second kappa shape index (κ2) is 20.2. The van der Waals surface area contributed by atoms with Crippen LogP contribution in [0.15, 0.2) is 71.5 Å². The zero-order valence-electron chi connectivity index (χ0n) is 40.9. The third-order valence-electron chi connectivity index (χ3n) is 15.0. The van der Waals surface area contributed by atoms with Crippen molar-refractivity contribution in [2.45, 2.75) is 95.7 Å². The molecule has 0 radical (unpaired) electrons. The molecule has 22 heteroatoms. The van der Waals surface area contributed by atoms with Crippen LogP contribution >= 0.6 is 18.9 Å². The maximum Gasteiger partial charge on any atom is 0.399 e. The standard InChI is InChI=1S/C51H59F3N7O10PS/c1-50(2,3)44(56-46(64)39-26-33-25-34(11-14-38(33)73-39)51(53,54)72(68,69)70)48(66)60-21-18-31(42(60)47(65)59-22-23-71-37(28-59)30-8-6-5-7-9-30)24-29-16-19-58(20-17-29)27-32-10-12-35-43(41(32)52)57(4)49(67)61(35)36-13-15-40(62)55-45(36)63/h5-12,14,25-26,29,31,36-37,42,44H,13,15-24,27-28H2,1-4H3,(H,56,64)(H,55,62,63)(H2,68,69,70)/t31-,36?,37-,42-,44+/m0/s1. The van der Waals surface area contributed by atoms with E-state index >= 15 is 14.0 Å². The van der Waals surface area contributed by atoms with E-state index in [1.54, 1.807) is 42.7 Å². The van der Waals surface area contributed by atoms with Gasteiger partial charge in [0.1, 0.15) is 29.7 Å². The quantitative estimate of drug-likeness (QED) is 0.0821. The zero-order valence-corrected chi connectivity index (χ0v) is 42.6. The van der Waals surface area contributed by atoms with Gasteiger partial charge in [0.15, 0.2) is 5.82 Å². The minimum atomic E-state index is -5.85. The molecule has 73 heavy (non-hydrogen) atoms. The van der Waals surface area contributed by atoms with Gasteiger partial charge >= 0.3 is 18.9 Å². The number of ether oxygens (including phenoxy) is 1. The number of piperidine rings is 2. The number of carbonyl (C=O) groups excluding carboxylic acids is 5. The molecule has 0 bridgehead atoms. The number of hydrogen-bond donors (Lipinski definition) is 4. The molecule has 9 rings (SSSR count). The van der Waals surface area contributed by atoms with Crippen molar-refractivity contribution in [1.82, 2.24) is 34.5 Å². The first kappa shape index (κ1) is 52.2. The van der Waals surface area contributed by atoms with Gasteiger partial charge in [-0.15, -0.1) is 11.3 Å². The summed E-state index contributed by atoms with van der Waals surface area (Å²) in [5, 5.41) is 5.33. The van der Waals surface area contributed by atoms with Crippen LogP contribution in [-0.2, 0) is 47.7 Å². The number of carbonyl (C=O) groups is 5. The SMILES string of the molecule is Cn1c(=O)n(C2CCC(=O)NC2=O)c2ccc(CN3CCC(C[C@@H]4CCN(C(=O)[C@@H](NC(=O)c5cc6cc(C(F)(F)P(=O)(O)O)ccc6s5)C(C)(C)C)[C@@H]4C(=O)N4CCO[C@H](c5ccccc5)C4)CC3)c(F)c21. The number of rotatable bonds is 12. The summed E-state index contributed by atoms with van der Waals surface area (Å²) >= 11 is 0.975. The molecule has 390 valence electrons. The van der Waals surface area contributed by atoms with Crippen molar-refractivity contribution in [2.75, 3.05) is 39.3 Å². The first-order valence-electron chi connectivity index (χ1n) is 24.5. The lowest BCUT2D eigenvalue weighted by molar-refractivity contribution is -0.152. The molecule has 17 nitrogen and oxygen atoms in total. The lowest BCUT2D eigenvalue weighted by Gasteiger charge is -2.40. The number of aromatic nitrogens is 2. The lowest BCUT2D eigenvalue weighted by atomic mass is 9.82. The zero-order chi connectivity index (χ0) is 52.3. The van der Waals surface area contributed by atoms with E-state index in [1.165, 1.54) is 28.3 Å². The van der Waals surface area contributed by atoms with Crippen molar-refractivity contribution in [3.05, 3.63) is 105 Å². The summed E-state index contributed by atoms with van der Waals surface area (Å²) in [5.41, 5.74) is -5.12. The fourth-order valence-corrected chi connectivity index (χ4v) is 12.4. The van der Waals surface area contributed by atoms with E-state index in [2.05, 4.69) is 15.5 Å².